The largest absolute Gasteiger partial charge is 0.497 e. The van der Waals surface area contributed by atoms with Crippen molar-refractivity contribution in [1.82, 2.24) is 0 Å². The third-order valence-electron chi connectivity index (χ3n) is 14.2. The average Bonchev–Trinajstić information content (AvgIpc) is 3.60. The molecule has 0 radical (unpaired) electrons. The third-order valence-corrected chi connectivity index (χ3v) is 16.7. The number of anilines is 1. The van der Waals surface area contributed by atoms with Gasteiger partial charge in [0.25, 0.3) is 0 Å². The molecule has 63 heavy (non-hydrogen) atoms. The molecule has 8 heteroatoms. The van der Waals surface area contributed by atoms with Gasteiger partial charge in [-0.1, -0.05) is 100 Å². The first-order chi connectivity index (χ1) is 30.9. The van der Waals surface area contributed by atoms with Crippen molar-refractivity contribution in [2.45, 2.75) is 101 Å². The van der Waals surface area contributed by atoms with Crippen molar-refractivity contribution < 1.29 is 28.1 Å². The van der Waals surface area contributed by atoms with Crippen LogP contribution in [-0.2, 0) is 24.9 Å². The summed E-state index contributed by atoms with van der Waals surface area (Å²) in [5.74, 6) is 2.56. The Bertz CT molecular complexity index is 2360. The number of rotatable bonds is 16. The van der Waals surface area contributed by atoms with Gasteiger partial charge in [0.15, 0.2) is 13.9 Å². The maximum Gasteiger partial charge on any atom is 0.186 e. The molecule has 4 aliphatic rings. The fraction of sp³-hybridized carbons (Fsp3) is 0.455. The predicted molar refractivity (Wildman–Crippen MR) is 259 cm³/mol. The molecule has 332 valence electrons. The maximum atomic E-state index is 7.79. The lowest BCUT2D eigenvalue weighted by molar-refractivity contribution is 0.0997. The Hall–Kier alpha value is -4.60. The average molecular weight is 866 g/mol. The molecule has 1 unspecified atom stereocenters. The number of hydrogen-bond acceptors (Lipinski definition) is 7. The van der Waals surface area contributed by atoms with Crippen LogP contribution >= 0.6 is 0 Å². The molecule has 2 fully saturated rings. The summed E-state index contributed by atoms with van der Waals surface area (Å²) < 4.78 is 37.9. The first-order valence-electron chi connectivity index (χ1n) is 23.9. The smallest absolute Gasteiger partial charge is 0.186 e. The van der Waals surface area contributed by atoms with Crippen molar-refractivity contribution in [3.63, 3.8) is 0 Å². The number of hydrogen-bond donors (Lipinski definition) is 0. The van der Waals surface area contributed by atoms with Crippen LogP contribution in [0.15, 0.2) is 97.1 Å². The van der Waals surface area contributed by atoms with Gasteiger partial charge in [-0.2, -0.15) is 0 Å². The first kappa shape index (κ1) is 43.6. The predicted octanol–water partition coefficient (Wildman–Crippen LogP) is 12.9. The van der Waals surface area contributed by atoms with Gasteiger partial charge >= 0.3 is 0 Å². The molecule has 0 amide bonds. The van der Waals surface area contributed by atoms with Gasteiger partial charge in [-0.15, -0.1) is 0 Å². The van der Waals surface area contributed by atoms with Gasteiger partial charge in [-0.05, 0) is 121 Å². The van der Waals surface area contributed by atoms with E-state index in [2.05, 4.69) is 128 Å². The van der Waals surface area contributed by atoms with Crippen LogP contribution < -0.4 is 19.1 Å². The molecule has 1 atom stereocenters. The van der Waals surface area contributed by atoms with Crippen molar-refractivity contribution in [3.05, 3.63) is 125 Å². The van der Waals surface area contributed by atoms with Crippen LogP contribution in [0.3, 0.4) is 0 Å². The minimum Gasteiger partial charge on any atom is -0.497 e. The number of nitrogens with zero attached hydrogens (tertiary/aromatic N) is 1. The summed E-state index contributed by atoms with van der Waals surface area (Å²) in [6, 6.07) is 34.4. The van der Waals surface area contributed by atoms with Crippen LogP contribution in [0.2, 0.25) is 19.1 Å². The number of methoxy groups -OCH3 is 1. The van der Waals surface area contributed by atoms with Crippen molar-refractivity contribution in [2.24, 2.45) is 0 Å². The summed E-state index contributed by atoms with van der Waals surface area (Å²) >= 11 is 0. The van der Waals surface area contributed by atoms with Crippen LogP contribution in [0.4, 0.5) is 5.69 Å². The molecule has 2 heterocycles. The summed E-state index contributed by atoms with van der Waals surface area (Å²) in [5.41, 5.74) is 9.22. The Labute approximate surface area is 376 Å². The number of ether oxygens (including phenoxy) is 5. The monoisotopic (exact) mass is 865 g/mol. The lowest BCUT2D eigenvalue weighted by Gasteiger charge is -2.40. The molecule has 7 nitrogen and oxygen atoms in total. The molecule has 5 aromatic rings. The van der Waals surface area contributed by atoms with Gasteiger partial charge in [0.1, 0.15) is 23.9 Å². The molecular formula is C55H67NO6Si. The second-order valence-corrected chi connectivity index (χ2v) is 23.0. The molecule has 2 aliphatic carbocycles. The van der Waals surface area contributed by atoms with E-state index in [0.29, 0.717) is 13.2 Å². The molecule has 1 saturated heterocycles. The molecule has 9 rings (SSSR count). The van der Waals surface area contributed by atoms with E-state index in [-0.39, 0.29) is 5.41 Å². The zero-order chi connectivity index (χ0) is 43.3. The molecule has 5 aromatic carbocycles. The van der Waals surface area contributed by atoms with Gasteiger partial charge in [-0.25, -0.2) is 0 Å². The lowest BCUT2D eigenvalue weighted by atomic mass is 9.67. The third kappa shape index (κ3) is 8.81. The van der Waals surface area contributed by atoms with E-state index in [9.17, 15) is 0 Å². The number of unbranched alkanes of at least 4 members (excludes halogenated alkanes) is 1. The molecular weight excluding hydrogens is 799 g/mol. The van der Waals surface area contributed by atoms with Gasteiger partial charge in [-0.3, -0.25) is 0 Å². The normalized spacial score (nSPS) is 19.2. The summed E-state index contributed by atoms with van der Waals surface area (Å²) in [5, 5.41) is 2.30. The topological polar surface area (TPSA) is 58.6 Å². The molecule has 2 aliphatic heterocycles. The minimum absolute atomic E-state index is 0.0677. The van der Waals surface area contributed by atoms with Crippen LogP contribution in [0.1, 0.15) is 98.9 Å². The lowest BCUT2D eigenvalue weighted by Crippen LogP contribution is -2.37. The Kier molecular flexibility index (Phi) is 13.3. The van der Waals surface area contributed by atoms with Gasteiger partial charge < -0.3 is 33.0 Å². The summed E-state index contributed by atoms with van der Waals surface area (Å²) in [4.78, 5) is 2.41. The first-order valence-corrected chi connectivity index (χ1v) is 27.0. The molecule has 1 spiro atoms. The Morgan fingerprint density at radius 3 is 2.19 bits per heavy atom. The number of morpholine rings is 1. The molecule has 0 bridgehead atoms. The van der Waals surface area contributed by atoms with Gasteiger partial charge in [0, 0.05) is 59.5 Å². The Balaban J connectivity index is 1.06. The fourth-order valence-electron chi connectivity index (χ4n) is 10.8. The van der Waals surface area contributed by atoms with E-state index < -0.39 is 13.9 Å². The van der Waals surface area contributed by atoms with Gasteiger partial charge in [0.05, 0.1) is 26.9 Å². The maximum absolute atomic E-state index is 7.79. The number of fused-ring (bicyclic) bond motifs is 10. The van der Waals surface area contributed by atoms with E-state index in [1.165, 1.54) is 77.4 Å². The zero-order valence-electron chi connectivity index (χ0n) is 38.1. The molecule has 0 N–H and O–H groups in total. The SMILES string of the molecule is CCCCO[Si](C)(C)CCCOCCOc1ccc(C2(c3ccc(N4CCOCC4)cc3)C=Cc3c4c(c5ccc(OC)cc5c3O2)-c2ccccc2C42CCCCCCC2)cc1. The van der Waals surface area contributed by atoms with E-state index >= 15 is 0 Å². The second-order valence-electron chi connectivity index (χ2n) is 18.7. The summed E-state index contributed by atoms with van der Waals surface area (Å²) in [7, 11) is 0.124. The van der Waals surface area contributed by atoms with E-state index in [1.54, 1.807) is 7.11 Å². The van der Waals surface area contributed by atoms with Crippen molar-refractivity contribution >= 4 is 30.9 Å². The highest BCUT2D eigenvalue weighted by molar-refractivity contribution is 6.71. The highest BCUT2D eigenvalue weighted by Crippen LogP contribution is 2.61. The van der Waals surface area contributed by atoms with E-state index in [1.807, 2.05) is 0 Å². The Morgan fingerprint density at radius 2 is 1.44 bits per heavy atom. The molecule has 1 saturated carbocycles. The second kappa shape index (κ2) is 19.2. The summed E-state index contributed by atoms with van der Waals surface area (Å²) in [6.45, 7) is 12.7. The number of benzene rings is 5. The van der Waals surface area contributed by atoms with Crippen molar-refractivity contribution in [1.29, 1.82) is 0 Å². The quantitative estimate of drug-likeness (QED) is 0.0723. The highest BCUT2D eigenvalue weighted by Gasteiger charge is 2.48. The Morgan fingerprint density at radius 1 is 0.730 bits per heavy atom. The van der Waals surface area contributed by atoms with Crippen LogP contribution in [-0.4, -0.2) is 68.2 Å². The van der Waals surface area contributed by atoms with Crippen LogP contribution in [0.25, 0.3) is 28.0 Å². The van der Waals surface area contributed by atoms with Crippen molar-refractivity contribution in [2.75, 3.05) is 64.7 Å². The van der Waals surface area contributed by atoms with E-state index in [0.717, 1.165) is 105 Å². The molecule has 0 aromatic heterocycles. The zero-order valence-corrected chi connectivity index (χ0v) is 39.1. The van der Waals surface area contributed by atoms with Gasteiger partial charge in [0.2, 0.25) is 0 Å². The van der Waals surface area contributed by atoms with Crippen molar-refractivity contribution in [3.8, 4) is 28.4 Å². The van der Waals surface area contributed by atoms with Crippen LogP contribution in [0.5, 0.6) is 17.2 Å². The van der Waals surface area contributed by atoms with Crippen LogP contribution in [0, 0.1) is 0 Å². The van der Waals surface area contributed by atoms with E-state index in [4.69, 9.17) is 28.1 Å². The minimum atomic E-state index is -1.63. The standard InChI is InChI=1S/C55H67NO6Si/c1-5-6-34-61-63(3,4)39-14-33-58-37-38-60-44-23-19-42(20-24-44)55(41-17-21-43(22-18-41)56-31-35-59-36-32-56)30-27-48-52-51(46-26-25-45(57-2)40-49(46)53(48)62-55)47-15-10-11-16-50(47)54(52)28-12-8-7-9-13-29-54/h10-11,15-27,30,40H,5-9,12-14,28-29,31-39H2,1-4H3. The highest BCUT2D eigenvalue weighted by atomic mass is 28.4. The fourth-order valence-corrected chi connectivity index (χ4v) is 12.6. The summed E-state index contributed by atoms with van der Waals surface area (Å²) in [6.07, 6.45) is 16.7.